The monoisotopic (exact) mass is 245 g/mol. The highest BCUT2D eigenvalue weighted by atomic mass is 32.2. The van der Waals surface area contributed by atoms with E-state index in [1.807, 2.05) is 25.7 Å². The van der Waals surface area contributed by atoms with Gasteiger partial charge < -0.3 is 5.11 Å². The van der Waals surface area contributed by atoms with E-state index in [4.69, 9.17) is 0 Å². The van der Waals surface area contributed by atoms with Crippen molar-refractivity contribution >= 4 is 17.7 Å². The first-order chi connectivity index (χ1) is 7.38. The van der Waals surface area contributed by atoms with Crippen LogP contribution >= 0.6 is 11.8 Å². The highest BCUT2D eigenvalue weighted by Gasteiger charge is 2.41. The summed E-state index contributed by atoms with van der Waals surface area (Å²) in [6.45, 7) is 6.02. The maximum atomic E-state index is 11.5. The van der Waals surface area contributed by atoms with Gasteiger partial charge >= 0.3 is 5.97 Å². The Hall–Kier alpha value is -0.220. The van der Waals surface area contributed by atoms with Gasteiger partial charge in [-0.05, 0) is 38.5 Å². The van der Waals surface area contributed by atoms with Gasteiger partial charge in [-0.1, -0.05) is 13.8 Å². The Morgan fingerprint density at radius 1 is 1.62 bits per heavy atom. The highest BCUT2D eigenvalue weighted by Crippen LogP contribution is 2.30. The molecule has 3 nitrogen and oxygen atoms in total. The van der Waals surface area contributed by atoms with Crippen LogP contribution < -0.4 is 0 Å². The molecule has 0 radical (unpaired) electrons. The molecule has 1 heterocycles. The van der Waals surface area contributed by atoms with Crippen LogP contribution in [0.1, 0.15) is 33.6 Å². The number of carboxylic acid groups (broad SMARTS) is 1. The van der Waals surface area contributed by atoms with Crippen LogP contribution in [0, 0.1) is 5.92 Å². The third-order valence-electron chi connectivity index (χ3n) is 3.50. The van der Waals surface area contributed by atoms with Crippen LogP contribution in [0.4, 0.5) is 0 Å². The van der Waals surface area contributed by atoms with Gasteiger partial charge in [0.15, 0.2) is 0 Å². The summed E-state index contributed by atoms with van der Waals surface area (Å²) in [6.07, 6.45) is 1.82. The summed E-state index contributed by atoms with van der Waals surface area (Å²) in [7, 11) is 1.97. The zero-order chi connectivity index (χ0) is 12.3. The number of nitrogens with zero attached hydrogens (tertiary/aromatic N) is 1. The number of rotatable bonds is 5. The van der Waals surface area contributed by atoms with E-state index in [0.717, 1.165) is 17.9 Å². The molecule has 1 saturated heterocycles. The quantitative estimate of drug-likeness (QED) is 0.807. The van der Waals surface area contributed by atoms with Crippen molar-refractivity contribution in [2.45, 2.75) is 45.2 Å². The Balaban J connectivity index is 2.78. The predicted molar refractivity (Wildman–Crippen MR) is 69.0 cm³/mol. The van der Waals surface area contributed by atoms with Gasteiger partial charge in [0.2, 0.25) is 0 Å². The molecule has 2 atom stereocenters. The Kier molecular flexibility index (Phi) is 4.68. The van der Waals surface area contributed by atoms with Crippen molar-refractivity contribution in [3.8, 4) is 0 Å². The van der Waals surface area contributed by atoms with Crippen LogP contribution in [0.15, 0.2) is 0 Å². The summed E-state index contributed by atoms with van der Waals surface area (Å²) in [4.78, 5) is 13.6. The molecule has 0 aromatic heterocycles. The van der Waals surface area contributed by atoms with Crippen LogP contribution in [0.5, 0.6) is 0 Å². The van der Waals surface area contributed by atoms with Gasteiger partial charge in [0.25, 0.3) is 0 Å². The largest absolute Gasteiger partial charge is 0.480 e. The van der Waals surface area contributed by atoms with Crippen molar-refractivity contribution < 1.29 is 9.90 Å². The second kappa shape index (κ2) is 5.41. The lowest BCUT2D eigenvalue weighted by atomic mass is 9.88. The lowest BCUT2D eigenvalue weighted by molar-refractivity contribution is -0.152. The first-order valence-electron chi connectivity index (χ1n) is 5.92. The van der Waals surface area contributed by atoms with Gasteiger partial charge in [-0.2, -0.15) is 11.8 Å². The molecular formula is C12H23NO2S. The third-order valence-corrected chi connectivity index (χ3v) is 4.64. The minimum absolute atomic E-state index is 0.401. The van der Waals surface area contributed by atoms with Gasteiger partial charge in [0, 0.05) is 11.8 Å². The molecular weight excluding hydrogens is 222 g/mol. The van der Waals surface area contributed by atoms with Crippen molar-refractivity contribution in [2.24, 2.45) is 5.92 Å². The summed E-state index contributed by atoms with van der Waals surface area (Å²) in [5.74, 6) is 1.93. The first kappa shape index (κ1) is 13.8. The summed E-state index contributed by atoms with van der Waals surface area (Å²) in [5, 5.41) is 9.46. The SMILES string of the molecule is CC(C)CC(C)(C(=O)O)N(C)C1CCSC1. The van der Waals surface area contributed by atoms with Gasteiger partial charge in [-0.3, -0.25) is 9.69 Å². The summed E-state index contributed by atoms with van der Waals surface area (Å²) in [5.41, 5.74) is -0.719. The molecule has 0 saturated carbocycles. The fourth-order valence-electron chi connectivity index (χ4n) is 2.41. The number of aliphatic carboxylic acids is 1. The maximum Gasteiger partial charge on any atom is 0.323 e. The minimum Gasteiger partial charge on any atom is -0.480 e. The average Bonchev–Trinajstić information content (AvgIpc) is 2.67. The third kappa shape index (κ3) is 2.92. The molecule has 0 aromatic carbocycles. The van der Waals surface area contributed by atoms with Gasteiger partial charge in [0.05, 0.1) is 0 Å². The molecule has 0 aromatic rings. The van der Waals surface area contributed by atoms with E-state index < -0.39 is 11.5 Å². The molecule has 16 heavy (non-hydrogen) atoms. The van der Waals surface area contributed by atoms with Crippen molar-refractivity contribution in [1.29, 1.82) is 0 Å². The molecule has 94 valence electrons. The molecule has 1 fully saturated rings. The Labute approximate surface area is 103 Å². The van der Waals surface area contributed by atoms with Crippen LogP contribution in [0.3, 0.4) is 0 Å². The Bertz CT molecular complexity index is 251. The summed E-state index contributed by atoms with van der Waals surface area (Å²) < 4.78 is 0. The van der Waals surface area contributed by atoms with Gasteiger partial charge in [-0.25, -0.2) is 0 Å². The van der Waals surface area contributed by atoms with Crippen LogP contribution in [-0.4, -0.2) is 46.1 Å². The predicted octanol–water partition coefficient (Wildman–Crippen LogP) is 2.31. The minimum atomic E-state index is -0.719. The van der Waals surface area contributed by atoms with Crippen LogP contribution in [0.25, 0.3) is 0 Å². The fraction of sp³-hybridized carbons (Fsp3) is 0.917. The Morgan fingerprint density at radius 2 is 2.25 bits per heavy atom. The number of carbonyl (C=O) groups is 1. The molecule has 1 aliphatic heterocycles. The summed E-state index contributed by atoms with van der Waals surface area (Å²) >= 11 is 1.92. The molecule has 0 spiro atoms. The number of thioether (sulfide) groups is 1. The van der Waals surface area contributed by atoms with Crippen molar-refractivity contribution in [1.82, 2.24) is 4.90 Å². The van der Waals surface area contributed by atoms with Gasteiger partial charge in [-0.15, -0.1) is 0 Å². The molecule has 0 amide bonds. The second-order valence-electron chi connectivity index (χ2n) is 5.31. The number of likely N-dealkylation sites (N-methyl/N-ethyl adjacent to an activating group) is 1. The molecule has 0 aliphatic carbocycles. The van der Waals surface area contributed by atoms with Crippen molar-refractivity contribution in [3.63, 3.8) is 0 Å². The first-order valence-corrected chi connectivity index (χ1v) is 7.07. The van der Waals surface area contributed by atoms with E-state index in [9.17, 15) is 9.90 Å². The zero-order valence-corrected chi connectivity index (χ0v) is 11.5. The molecule has 0 bridgehead atoms. The molecule has 1 N–H and O–H groups in total. The van der Waals surface area contributed by atoms with Crippen molar-refractivity contribution in [3.05, 3.63) is 0 Å². The maximum absolute atomic E-state index is 11.5. The van der Waals surface area contributed by atoms with Crippen molar-refractivity contribution in [2.75, 3.05) is 18.6 Å². The lowest BCUT2D eigenvalue weighted by Crippen LogP contribution is -2.55. The zero-order valence-electron chi connectivity index (χ0n) is 10.7. The Morgan fingerprint density at radius 3 is 2.62 bits per heavy atom. The number of hydrogen-bond acceptors (Lipinski definition) is 3. The number of hydrogen-bond donors (Lipinski definition) is 1. The fourth-order valence-corrected chi connectivity index (χ4v) is 3.68. The molecule has 2 unspecified atom stereocenters. The van der Waals surface area contributed by atoms with E-state index in [0.29, 0.717) is 18.4 Å². The molecule has 1 aliphatic rings. The van der Waals surface area contributed by atoms with E-state index in [-0.39, 0.29) is 0 Å². The molecule has 4 heteroatoms. The number of carboxylic acids is 1. The second-order valence-corrected chi connectivity index (χ2v) is 6.46. The lowest BCUT2D eigenvalue weighted by Gasteiger charge is -2.40. The molecule has 1 rings (SSSR count). The highest BCUT2D eigenvalue weighted by molar-refractivity contribution is 7.99. The standard InChI is InChI=1S/C12H23NO2S/c1-9(2)7-12(3,11(14)15)13(4)10-5-6-16-8-10/h9-10H,5-8H2,1-4H3,(H,14,15). The normalized spacial score (nSPS) is 25.0. The van der Waals surface area contributed by atoms with Crippen LogP contribution in [0.2, 0.25) is 0 Å². The van der Waals surface area contributed by atoms with E-state index in [1.165, 1.54) is 0 Å². The van der Waals surface area contributed by atoms with E-state index >= 15 is 0 Å². The van der Waals surface area contributed by atoms with E-state index in [2.05, 4.69) is 18.7 Å². The topological polar surface area (TPSA) is 40.5 Å². The van der Waals surface area contributed by atoms with Crippen LogP contribution in [-0.2, 0) is 4.79 Å². The van der Waals surface area contributed by atoms with Gasteiger partial charge in [0.1, 0.15) is 5.54 Å². The average molecular weight is 245 g/mol. The smallest absolute Gasteiger partial charge is 0.323 e. The summed E-state index contributed by atoms with van der Waals surface area (Å²) in [6, 6.07) is 0.421. The van der Waals surface area contributed by atoms with E-state index in [1.54, 1.807) is 0 Å².